The van der Waals surface area contributed by atoms with Crippen molar-refractivity contribution in [2.75, 3.05) is 10.0 Å². The van der Waals surface area contributed by atoms with Gasteiger partial charge in [0.25, 0.3) is 15.9 Å². The minimum Gasteiger partial charge on any atom is -0.322 e. The van der Waals surface area contributed by atoms with Gasteiger partial charge in [-0.15, -0.1) is 0 Å². The lowest BCUT2D eigenvalue weighted by Crippen LogP contribution is -2.17. The van der Waals surface area contributed by atoms with Crippen molar-refractivity contribution in [3.8, 4) is 6.07 Å². The Hall–Kier alpha value is -3.70. The van der Waals surface area contributed by atoms with Crippen LogP contribution in [0, 0.1) is 24.1 Å². The number of carbonyl (C=O) groups excluding carboxylic acids is 1. The SMILES string of the molecule is Cc1ccc(S(=O)(=O)Nc2ccccc2F)cc1C(=O)Nc1cccc(C#N)c1. The van der Waals surface area contributed by atoms with Crippen LogP contribution < -0.4 is 10.0 Å². The highest BCUT2D eigenvalue weighted by molar-refractivity contribution is 7.92. The molecule has 0 aliphatic rings. The third-order valence-corrected chi connectivity index (χ3v) is 5.49. The van der Waals surface area contributed by atoms with Crippen molar-refractivity contribution < 1.29 is 17.6 Å². The number of aryl methyl sites for hydroxylation is 1. The van der Waals surface area contributed by atoms with Crippen LogP contribution in [0.5, 0.6) is 0 Å². The maximum Gasteiger partial charge on any atom is 0.262 e. The first kappa shape index (κ1) is 20.0. The molecule has 1 amide bonds. The first-order valence-electron chi connectivity index (χ1n) is 8.50. The van der Waals surface area contributed by atoms with Gasteiger partial charge in [0.15, 0.2) is 0 Å². The highest BCUT2D eigenvalue weighted by Gasteiger charge is 2.19. The van der Waals surface area contributed by atoms with Gasteiger partial charge in [0.2, 0.25) is 0 Å². The molecule has 0 spiro atoms. The molecular formula is C21H16FN3O3S. The molecular weight excluding hydrogens is 393 g/mol. The molecule has 3 aromatic carbocycles. The average Bonchev–Trinajstić information content (AvgIpc) is 2.70. The fraction of sp³-hybridized carbons (Fsp3) is 0.0476. The van der Waals surface area contributed by atoms with E-state index in [1.807, 2.05) is 6.07 Å². The Labute approximate surface area is 167 Å². The van der Waals surface area contributed by atoms with E-state index < -0.39 is 21.7 Å². The number of amides is 1. The Morgan fingerprint density at radius 2 is 1.79 bits per heavy atom. The molecule has 0 fully saturated rings. The fourth-order valence-electron chi connectivity index (χ4n) is 2.63. The number of carbonyl (C=O) groups is 1. The Kier molecular flexibility index (Phi) is 5.61. The van der Waals surface area contributed by atoms with Crippen LogP contribution in [-0.4, -0.2) is 14.3 Å². The molecule has 0 aliphatic heterocycles. The summed E-state index contributed by atoms with van der Waals surface area (Å²) in [6.45, 7) is 1.67. The van der Waals surface area contributed by atoms with Crippen molar-refractivity contribution in [3.63, 3.8) is 0 Å². The number of nitrogens with zero attached hydrogens (tertiary/aromatic N) is 1. The highest BCUT2D eigenvalue weighted by Crippen LogP contribution is 2.22. The summed E-state index contributed by atoms with van der Waals surface area (Å²) in [6, 6.07) is 17.8. The normalized spacial score (nSPS) is 10.8. The molecule has 146 valence electrons. The molecule has 2 N–H and O–H groups in total. The monoisotopic (exact) mass is 409 g/mol. The lowest BCUT2D eigenvalue weighted by Gasteiger charge is -2.12. The zero-order valence-corrected chi connectivity index (χ0v) is 16.1. The van der Waals surface area contributed by atoms with E-state index in [2.05, 4.69) is 10.0 Å². The number of hydrogen-bond acceptors (Lipinski definition) is 4. The van der Waals surface area contributed by atoms with Gasteiger partial charge in [-0.2, -0.15) is 5.26 Å². The van der Waals surface area contributed by atoms with E-state index in [0.717, 1.165) is 6.07 Å². The van der Waals surface area contributed by atoms with Crippen LogP contribution in [-0.2, 0) is 10.0 Å². The zero-order valence-electron chi connectivity index (χ0n) is 15.3. The van der Waals surface area contributed by atoms with Crippen LogP contribution in [0.4, 0.5) is 15.8 Å². The summed E-state index contributed by atoms with van der Waals surface area (Å²) in [5.41, 5.74) is 1.30. The van der Waals surface area contributed by atoms with Gasteiger partial charge in [-0.3, -0.25) is 9.52 Å². The third-order valence-electron chi connectivity index (χ3n) is 4.13. The topological polar surface area (TPSA) is 99.1 Å². The molecule has 0 radical (unpaired) electrons. The summed E-state index contributed by atoms with van der Waals surface area (Å²) < 4.78 is 41.3. The van der Waals surface area contributed by atoms with E-state index in [1.54, 1.807) is 25.1 Å². The molecule has 0 aromatic heterocycles. The van der Waals surface area contributed by atoms with Gasteiger partial charge in [-0.1, -0.05) is 24.3 Å². The molecule has 3 aromatic rings. The lowest BCUT2D eigenvalue weighted by molar-refractivity contribution is 0.102. The van der Waals surface area contributed by atoms with Crippen LogP contribution >= 0.6 is 0 Å². The van der Waals surface area contributed by atoms with Gasteiger partial charge in [-0.05, 0) is 55.0 Å². The van der Waals surface area contributed by atoms with Gasteiger partial charge in [-0.25, -0.2) is 12.8 Å². The van der Waals surface area contributed by atoms with Crippen molar-refractivity contribution in [2.45, 2.75) is 11.8 Å². The van der Waals surface area contributed by atoms with E-state index in [0.29, 0.717) is 16.8 Å². The van der Waals surface area contributed by atoms with Crippen LogP contribution in [0.25, 0.3) is 0 Å². The van der Waals surface area contributed by atoms with Crippen molar-refractivity contribution in [1.29, 1.82) is 5.26 Å². The molecule has 0 unspecified atom stereocenters. The molecule has 8 heteroatoms. The Bertz CT molecular complexity index is 1230. The Morgan fingerprint density at radius 3 is 2.52 bits per heavy atom. The van der Waals surface area contributed by atoms with Crippen molar-refractivity contribution in [3.05, 3.63) is 89.2 Å². The number of halogens is 1. The number of anilines is 2. The van der Waals surface area contributed by atoms with E-state index in [9.17, 15) is 17.6 Å². The standard InChI is InChI=1S/C21H16FN3O3S/c1-14-9-10-17(29(27,28)25-20-8-3-2-7-19(20)22)12-18(14)21(26)24-16-6-4-5-15(11-16)13-23/h2-12,25H,1H3,(H,24,26). The lowest BCUT2D eigenvalue weighted by atomic mass is 10.1. The summed E-state index contributed by atoms with van der Waals surface area (Å²) in [5, 5.41) is 11.6. The molecule has 6 nitrogen and oxygen atoms in total. The number of rotatable bonds is 5. The second-order valence-electron chi connectivity index (χ2n) is 6.21. The molecule has 0 saturated heterocycles. The number of nitrogens with one attached hydrogen (secondary N) is 2. The van der Waals surface area contributed by atoms with Gasteiger partial charge in [0.05, 0.1) is 22.2 Å². The predicted octanol–water partition coefficient (Wildman–Crippen LogP) is 4.06. The van der Waals surface area contributed by atoms with Gasteiger partial charge in [0, 0.05) is 11.3 Å². The number of nitriles is 1. The zero-order chi connectivity index (χ0) is 21.0. The first-order chi connectivity index (χ1) is 13.8. The van der Waals surface area contributed by atoms with Crippen molar-refractivity contribution >= 4 is 27.3 Å². The number of para-hydroxylation sites is 1. The Morgan fingerprint density at radius 1 is 1.03 bits per heavy atom. The molecule has 3 rings (SSSR count). The molecule has 0 aliphatic carbocycles. The second kappa shape index (κ2) is 8.12. The molecule has 0 atom stereocenters. The molecule has 0 saturated carbocycles. The highest BCUT2D eigenvalue weighted by atomic mass is 32.2. The van der Waals surface area contributed by atoms with Gasteiger partial charge >= 0.3 is 0 Å². The fourth-order valence-corrected chi connectivity index (χ4v) is 3.72. The van der Waals surface area contributed by atoms with Gasteiger partial charge < -0.3 is 5.32 Å². The van der Waals surface area contributed by atoms with Crippen molar-refractivity contribution in [1.82, 2.24) is 0 Å². The second-order valence-corrected chi connectivity index (χ2v) is 7.89. The van der Waals surface area contributed by atoms with E-state index in [1.165, 1.54) is 42.5 Å². The summed E-state index contributed by atoms with van der Waals surface area (Å²) in [6.07, 6.45) is 0. The minimum atomic E-state index is -4.11. The number of hydrogen-bond donors (Lipinski definition) is 2. The first-order valence-corrected chi connectivity index (χ1v) is 9.98. The van der Waals surface area contributed by atoms with Crippen LogP contribution in [0.15, 0.2) is 71.6 Å². The van der Waals surface area contributed by atoms with E-state index in [4.69, 9.17) is 5.26 Å². The summed E-state index contributed by atoms with van der Waals surface area (Å²) in [7, 11) is -4.11. The number of sulfonamides is 1. The predicted molar refractivity (Wildman–Crippen MR) is 107 cm³/mol. The average molecular weight is 409 g/mol. The van der Waals surface area contributed by atoms with Crippen LogP contribution in [0.3, 0.4) is 0 Å². The third kappa shape index (κ3) is 4.59. The van der Waals surface area contributed by atoms with E-state index in [-0.39, 0.29) is 16.1 Å². The van der Waals surface area contributed by atoms with Crippen LogP contribution in [0.2, 0.25) is 0 Å². The minimum absolute atomic E-state index is 0.142. The molecule has 0 bridgehead atoms. The quantitative estimate of drug-likeness (QED) is 0.664. The summed E-state index contributed by atoms with van der Waals surface area (Å²) >= 11 is 0. The Balaban J connectivity index is 1.90. The van der Waals surface area contributed by atoms with Crippen LogP contribution in [0.1, 0.15) is 21.5 Å². The summed E-state index contributed by atoms with van der Waals surface area (Å²) in [4.78, 5) is 12.5. The molecule has 0 heterocycles. The maximum atomic E-state index is 13.8. The van der Waals surface area contributed by atoms with E-state index >= 15 is 0 Å². The largest absolute Gasteiger partial charge is 0.322 e. The maximum absolute atomic E-state index is 13.8. The summed E-state index contributed by atoms with van der Waals surface area (Å²) in [5.74, 6) is -1.24. The molecule has 29 heavy (non-hydrogen) atoms. The van der Waals surface area contributed by atoms with Crippen molar-refractivity contribution in [2.24, 2.45) is 0 Å². The number of benzene rings is 3. The van der Waals surface area contributed by atoms with Gasteiger partial charge in [0.1, 0.15) is 5.82 Å². The smallest absolute Gasteiger partial charge is 0.262 e.